The van der Waals surface area contributed by atoms with Gasteiger partial charge in [0, 0.05) is 24.6 Å². The van der Waals surface area contributed by atoms with Gasteiger partial charge < -0.3 is 4.90 Å². The number of rotatable bonds is 2. The molecule has 1 atom stereocenters. The highest BCUT2D eigenvalue weighted by atomic mass is 16.2. The molecule has 0 radical (unpaired) electrons. The lowest BCUT2D eigenvalue weighted by molar-refractivity contribution is 0.0790. The van der Waals surface area contributed by atoms with Crippen LogP contribution in [0.25, 0.3) is 0 Å². The summed E-state index contributed by atoms with van der Waals surface area (Å²) in [6, 6.07) is 18.3. The molecule has 2 heteroatoms. The predicted octanol–water partition coefficient (Wildman–Crippen LogP) is 3.62. The standard InChI is InChI=1S/C18H19NO/c1-14-7-5-6-10-17(14)18(20)19-12-11-16(13-19)15-8-3-2-4-9-15/h2-10,16H,11-13H2,1H3. The maximum atomic E-state index is 12.6. The van der Waals surface area contributed by atoms with Crippen molar-refractivity contribution in [2.75, 3.05) is 13.1 Å². The number of hydrogen-bond acceptors (Lipinski definition) is 1. The molecule has 1 saturated heterocycles. The summed E-state index contributed by atoms with van der Waals surface area (Å²) in [5.74, 6) is 0.644. The summed E-state index contributed by atoms with van der Waals surface area (Å²) in [5.41, 5.74) is 3.23. The average Bonchev–Trinajstić information content (AvgIpc) is 2.98. The highest BCUT2D eigenvalue weighted by Crippen LogP contribution is 2.28. The first-order valence-corrected chi connectivity index (χ1v) is 7.15. The fourth-order valence-corrected chi connectivity index (χ4v) is 2.93. The zero-order valence-electron chi connectivity index (χ0n) is 11.8. The Hall–Kier alpha value is -2.09. The molecule has 0 aliphatic carbocycles. The molecule has 0 bridgehead atoms. The van der Waals surface area contributed by atoms with Crippen molar-refractivity contribution in [3.05, 3.63) is 71.3 Å². The molecule has 1 amide bonds. The molecular formula is C18H19NO. The molecule has 1 aliphatic rings. The van der Waals surface area contributed by atoms with E-state index in [-0.39, 0.29) is 5.91 Å². The minimum atomic E-state index is 0.168. The molecule has 20 heavy (non-hydrogen) atoms. The molecule has 0 saturated carbocycles. The fraction of sp³-hybridized carbons (Fsp3) is 0.278. The second kappa shape index (κ2) is 5.49. The van der Waals surface area contributed by atoms with Gasteiger partial charge in [-0.2, -0.15) is 0 Å². The summed E-state index contributed by atoms with van der Waals surface area (Å²) in [5, 5.41) is 0. The van der Waals surface area contributed by atoms with E-state index < -0.39 is 0 Å². The summed E-state index contributed by atoms with van der Waals surface area (Å²) in [7, 11) is 0. The quantitative estimate of drug-likeness (QED) is 0.812. The molecule has 3 rings (SSSR count). The van der Waals surface area contributed by atoms with Crippen LogP contribution in [0.5, 0.6) is 0 Å². The molecule has 1 heterocycles. The number of nitrogens with zero attached hydrogens (tertiary/aromatic N) is 1. The Morgan fingerprint density at radius 2 is 1.75 bits per heavy atom. The van der Waals surface area contributed by atoms with E-state index in [4.69, 9.17) is 0 Å². The van der Waals surface area contributed by atoms with Gasteiger partial charge in [0.15, 0.2) is 0 Å². The number of hydrogen-bond donors (Lipinski definition) is 0. The summed E-state index contributed by atoms with van der Waals surface area (Å²) in [6.45, 7) is 3.68. The summed E-state index contributed by atoms with van der Waals surface area (Å²) < 4.78 is 0. The lowest BCUT2D eigenvalue weighted by atomic mass is 9.99. The SMILES string of the molecule is Cc1ccccc1C(=O)N1CCC(c2ccccc2)C1. The zero-order valence-corrected chi connectivity index (χ0v) is 11.8. The van der Waals surface area contributed by atoms with Crippen molar-refractivity contribution in [3.63, 3.8) is 0 Å². The molecule has 0 aromatic heterocycles. The smallest absolute Gasteiger partial charge is 0.254 e. The monoisotopic (exact) mass is 265 g/mol. The minimum absolute atomic E-state index is 0.168. The van der Waals surface area contributed by atoms with Crippen LogP contribution in [0.15, 0.2) is 54.6 Å². The van der Waals surface area contributed by atoms with Crippen molar-refractivity contribution in [1.29, 1.82) is 0 Å². The Labute approximate surface area is 120 Å². The highest BCUT2D eigenvalue weighted by molar-refractivity contribution is 5.95. The van der Waals surface area contributed by atoms with Crippen molar-refractivity contribution >= 4 is 5.91 Å². The van der Waals surface area contributed by atoms with Gasteiger partial charge in [-0.1, -0.05) is 48.5 Å². The maximum absolute atomic E-state index is 12.6. The first-order valence-electron chi connectivity index (χ1n) is 7.15. The topological polar surface area (TPSA) is 20.3 Å². The number of carbonyl (C=O) groups excluding carboxylic acids is 1. The molecule has 2 aromatic carbocycles. The van der Waals surface area contributed by atoms with E-state index in [1.807, 2.05) is 42.2 Å². The van der Waals surface area contributed by atoms with Crippen molar-refractivity contribution in [2.45, 2.75) is 19.3 Å². The van der Waals surface area contributed by atoms with Gasteiger partial charge >= 0.3 is 0 Å². The molecule has 2 nitrogen and oxygen atoms in total. The zero-order chi connectivity index (χ0) is 13.9. The van der Waals surface area contributed by atoms with Gasteiger partial charge in [-0.15, -0.1) is 0 Å². The van der Waals surface area contributed by atoms with Gasteiger partial charge in [-0.05, 0) is 30.5 Å². The largest absolute Gasteiger partial charge is 0.338 e. The second-order valence-corrected chi connectivity index (χ2v) is 5.46. The number of aryl methyl sites for hydroxylation is 1. The minimum Gasteiger partial charge on any atom is -0.338 e. The van der Waals surface area contributed by atoms with Crippen LogP contribution < -0.4 is 0 Å². The van der Waals surface area contributed by atoms with Crippen LogP contribution >= 0.6 is 0 Å². The molecule has 1 fully saturated rings. The van der Waals surface area contributed by atoms with E-state index in [2.05, 4.69) is 24.3 Å². The highest BCUT2D eigenvalue weighted by Gasteiger charge is 2.28. The van der Waals surface area contributed by atoms with E-state index in [1.165, 1.54) is 5.56 Å². The summed E-state index contributed by atoms with van der Waals surface area (Å²) in [4.78, 5) is 14.6. The maximum Gasteiger partial charge on any atom is 0.254 e. The number of carbonyl (C=O) groups is 1. The van der Waals surface area contributed by atoms with Crippen LogP contribution in [0.2, 0.25) is 0 Å². The van der Waals surface area contributed by atoms with Gasteiger partial charge in [0.1, 0.15) is 0 Å². The third-order valence-electron chi connectivity index (χ3n) is 4.12. The van der Waals surface area contributed by atoms with Gasteiger partial charge in [0.25, 0.3) is 5.91 Å². The van der Waals surface area contributed by atoms with Crippen LogP contribution in [0.4, 0.5) is 0 Å². The van der Waals surface area contributed by atoms with Crippen molar-refractivity contribution < 1.29 is 4.79 Å². The molecule has 0 N–H and O–H groups in total. The Kier molecular flexibility index (Phi) is 3.55. The van der Waals surface area contributed by atoms with Crippen LogP contribution in [0.1, 0.15) is 33.8 Å². The van der Waals surface area contributed by atoms with Crippen molar-refractivity contribution in [2.24, 2.45) is 0 Å². The lowest BCUT2D eigenvalue weighted by Crippen LogP contribution is -2.29. The van der Waals surface area contributed by atoms with Crippen LogP contribution in [0, 0.1) is 6.92 Å². The van der Waals surface area contributed by atoms with Crippen LogP contribution in [0.3, 0.4) is 0 Å². The number of likely N-dealkylation sites (tertiary alicyclic amines) is 1. The Balaban J connectivity index is 1.75. The lowest BCUT2D eigenvalue weighted by Gasteiger charge is -2.18. The molecular weight excluding hydrogens is 246 g/mol. The van der Waals surface area contributed by atoms with E-state index in [0.29, 0.717) is 5.92 Å². The number of benzene rings is 2. The van der Waals surface area contributed by atoms with Crippen molar-refractivity contribution in [1.82, 2.24) is 4.90 Å². The van der Waals surface area contributed by atoms with Crippen LogP contribution in [-0.4, -0.2) is 23.9 Å². The molecule has 1 aliphatic heterocycles. The van der Waals surface area contributed by atoms with E-state index in [1.54, 1.807) is 0 Å². The van der Waals surface area contributed by atoms with E-state index in [0.717, 1.165) is 30.6 Å². The Bertz CT molecular complexity index is 606. The first-order chi connectivity index (χ1) is 9.75. The molecule has 102 valence electrons. The third-order valence-corrected chi connectivity index (χ3v) is 4.12. The normalized spacial score (nSPS) is 18.2. The number of amides is 1. The molecule has 0 spiro atoms. The second-order valence-electron chi connectivity index (χ2n) is 5.46. The first kappa shape index (κ1) is 12.9. The molecule has 2 aromatic rings. The summed E-state index contributed by atoms with van der Waals surface area (Å²) in [6.07, 6.45) is 1.06. The van der Waals surface area contributed by atoms with E-state index in [9.17, 15) is 4.79 Å². The van der Waals surface area contributed by atoms with Gasteiger partial charge in [0.05, 0.1) is 0 Å². The summed E-state index contributed by atoms with van der Waals surface area (Å²) >= 11 is 0. The van der Waals surface area contributed by atoms with Crippen LogP contribution in [-0.2, 0) is 0 Å². The fourth-order valence-electron chi connectivity index (χ4n) is 2.93. The predicted molar refractivity (Wildman–Crippen MR) is 80.9 cm³/mol. The van der Waals surface area contributed by atoms with Gasteiger partial charge in [-0.3, -0.25) is 4.79 Å². The van der Waals surface area contributed by atoms with Gasteiger partial charge in [0.2, 0.25) is 0 Å². The van der Waals surface area contributed by atoms with Crippen molar-refractivity contribution in [3.8, 4) is 0 Å². The molecule has 1 unspecified atom stereocenters. The Morgan fingerprint density at radius 3 is 2.50 bits per heavy atom. The third kappa shape index (κ3) is 2.46. The van der Waals surface area contributed by atoms with Gasteiger partial charge in [-0.25, -0.2) is 0 Å². The van der Waals surface area contributed by atoms with E-state index >= 15 is 0 Å². The Morgan fingerprint density at radius 1 is 1.05 bits per heavy atom. The average molecular weight is 265 g/mol.